The van der Waals surface area contributed by atoms with Crippen LogP contribution in [0.25, 0.3) is 6.08 Å². The molecule has 3 N–H and O–H groups in total. The third-order valence-electron chi connectivity index (χ3n) is 4.57. The average molecular weight is 400 g/mol. The van der Waals surface area contributed by atoms with Crippen molar-refractivity contribution in [3.63, 3.8) is 0 Å². The first-order valence-corrected chi connectivity index (χ1v) is 9.00. The van der Waals surface area contributed by atoms with Crippen molar-refractivity contribution in [3.8, 4) is 11.5 Å². The molecule has 148 valence electrons. The van der Waals surface area contributed by atoms with Crippen molar-refractivity contribution >= 4 is 29.4 Å². The van der Waals surface area contributed by atoms with Crippen LogP contribution in [0.4, 0.5) is 5.69 Å². The number of rotatable bonds is 4. The topological polar surface area (TPSA) is 110 Å². The Hall–Kier alpha value is -4.39. The molecule has 7 nitrogen and oxygen atoms in total. The van der Waals surface area contributed by atoms with Crippen LogP contribution in [-0.4, -0.2) is 32.9 Å². The van der Waals surface area contributed by atoms with Gasteiger partial charge in [0.1, 0.15) is 5.71 Å². The largest absolute Gasteiger partial charge is 0.504 e. The highest BCUT2D eigenvalue weighted by Crippen LogP contribution is 2.30. The van der Waals surface area contributed by atoms with Crippen LogP contribution >= 0.6 is 0 Å². The zero-order valence-electron chi connectivity index (χ0n) is 15.6. The molecule has 0 unspecified atom stereocenters. The van der Waals surface area contributed by atoms with E-state index in [1.165, 1.54) is 24.3 Å². The van der Waals surface area contributed by atoms with E-state index in [9.17, 15) is 24.9 Å². The molecule has 1 amide bonds. The third kappa shape index (κ3) is 3.51. The van der Waals surface area contributed by atoms with Gasteiger partial charge in [0.15, 0.2) is 11.5 Å². The summed E-state index contributed by atoms with van der Waals surface area (Å²) in [5.41, 5.74) is 2.25. The van der Waals surface area contributed by atoms with Crippen molar-refractivity contribution in [1.29, 1.82) is 0 Å². The molecule has 30 heavy (non-hydrogen) atoms. The van der Waals surface area contributed by atoms with E-state index in [1.807, 2.05) is 30.3 Å². The fourth-order valence-corrected chi connectivity index (χ4v) is 3.10. The van der Waals surface area contributed by atoms with Crippen LogP contribution in [0.15, 0.2) is 83.5 Å². The minimum Gasteiger partial charge on any atom is -0.504 e. The summed E-state index contributed by atoms with van der Waals surface area (Å²) in [5.74, 6) is -2.12. The fourth-order valence-electron chi connectivity index (χ4n) is 3.10. The number of aromatic hydroxyl groups is 2. The number of carboxylic acids is 1. The van der Waals surface area contributed by atoms with Gasteiger partial charge in [0.25, 0.3) is 5.91 Å². The molecule has 0 aromatic heterocycles. The fraction of sp³-hybridized carbons (Fsp3) is 0. The highest BCUT2D eigenvalue weighted by atomic mass is 16.4. The van der Waals surface area contributed by atoms with Crippen LogP contribution in [-0.2, 0) is 4.79 Å². The number of carbonyl (C=O) groups excluding carboxylic acids is 1. The number of benzene rings is 3. The second kappa shape index (κ2) is 7.56. The highest BCUT2D eigenvalue weighted by Gasteiger charge is 2.32. The van der Waals surface area contributed by atoms with E-state index in [0.717, 1.165) is 5.01 Å². The van der Waals surface area contributed by atoms with Crippen molar-refractivity contribution in [3.05, 3.63) is 95.1 Å². The molecule has 0 saturated heterocycles. The van der Waals surface area contributed by atoms with Gasteiger partial charge in [-0.15, -0.1) is 0 Å². The zero-order chi connectivity index (χ0) is 21.3. The Labute approximate surface area is 171 Å². The Morgan fingerprint density at radius 1 is 0.900 bits per heavy atom. The van der Waals surface area contributed by atoms with Crippen molar-refractivity contribution in [2.45, 2.75) is 0 Å². The van der Waals surface area contributed by atoms with Crippen LogP contribution < -0.4 is 5.01 Å². The summed E-state index contributed by atoms with van der Waals surface area (Å²) in [6.45, 7) is 0. The van der Waals surface area contributed by atoms with Gasteiger partial charge in [-0.3, -0.25) is 4.79 Å². The maximum absolute atomic E-state index is 13.2. The lowest BCUT2D eigenvalue weighted by Crippen LogP contribution is -2.21. The van der Waals surface area contributed by atoms with E-state index in [-0.39, 0.29) is 22.6 Å². The number of phenolic OH excluding ortho intramolecular Hbond substituents is 2. The molecule has 3 aromatic rings. The first-order valence-electron chi connectivity index (χ1n) is 9.00. The van der Waals surface area contributed by atoms with Gasteiger partial charge in [-0.1, -0.05) is 42.5 Å². The minimum atomic E-state index is -1.11. The number of nitrogens with zero attached hydrogens (tertiary/aromatic N) is 2. The van der Waals surface area contributed by atoms with Crippen LogP contribution in [0.5, 0.6) is 11.5 Å². The standard InChI is InChI=1S/C23H16N2O5/c26-19-10-9-14(12-20(19)27)11-18-21(15-5-2-1-3-6-15)24-25(22(18)28)17-8-4-7-16(13-17)23(29)30/h1-13,26-27H,(H,29,30)/b18-11+. The SMILES string of the molecule is O=C(O)c1cccc(N2N=C(c3ccccc3)/C(=C\c3ccc(O)c(O)c3)C2=O)c1. The molecule has 0 bridgehead atoms. The van der Waals surface area contributed by atoms with Crippen LogP contribution in [0, 0.1) is 0 Å². The third-order valence-corrected chi connectivity index (χ3v) is 4.57. The van der Waals surface area contributed by atoms with Gasteiger partial charge in [-0.05, 0) is 42.0 Å². The van der Waals surface area contributed by atoms with Crippen LogP contribution in [0.1, 0.15) is 21.5 Å². The predicted octanol–water partition coefficient (Wildman–Crippen LogP) is 3.63. The Balaban J connectivity index is 1.83. The lowest BCUT2D eigenvalue weighted by molar-refractivity contribution is -0.114. The normalized spacial score (nSPS) is 14.8. The Morgan fingerprint density at radius 3 is 2.37 bits per heavy atom. The maximum atomic E-state index is 13.2. The van der Waals surface area contributed by atoms with Gasteiger partial charge in [0.05, 0.1) is 16.8 Å². The predicted molar refractivity (Wildman–Crippen MR) is 112 cm³/mol. The Morgan fingerprint density at radius 2 is 1.67 bits per heavy atom. The highest BCUT2D eigenvalue weighted by molar-refractivity contribution is 6.37. The van der Waals surface area contributed by atoms with Gasteiger partial charge < -0.3 is 15.3 Å². The molecule has 0 atom stereocenters. The molecule has 1 heterocycles. The second-order valence-electron chi connectivity index (χ2n) is 6.59. The van der Waals surface area contributed by atoms with Crippen molar-refractivity contribution in [2.24, 2.45) is 5.10 Å². The molecule has 3 aromatic carbocycles. The molecule has 1 aliphatic rings. The van der Waals surface area contributed by atoms with E-state index >= 15 is 0 Å². The lowest BCUT2D eigenvalue weighted by Gasteiger charge is -2.12. The van der Waals surface area contributed by atoms with Gasteiger partial charge in [0.2, 0.25) is 0 Å². The number of amides is 1. The van der Waals surface area contributed by atoms with E-state index in [4.69, 9.17) is 0 Å². The number of carbonyl (C=O) groups is 2. The molecule has 0 fully saturated rings. The van der Waals surface area contributed by atoms with Crippen molar-refractivity contribution < 1.29 is 24.9 Å². The first-order chi connectivity index (χ1) is 14.4. The van der Waals surface area contributed by atoms with Gasteiger partial charge in [0, 0.05) is 5.56 Å². The molecule has 0 radical (unpaired) electrons. The Kier molecular flexibility index (Phi) is 4.77. The summed E-state index contributed by atoms with van der Waals surface area (Å²) in [6.07, 6.45) is 1.56. The second-order valence-corrected chi connectivity index (χ2v) is 6.59. The Bertz CT molecular complexity index is 1220. The molecule has 7 heteroatoms. The maximum Gasteiger partial charge on any atom is 0.335 e. The number of hydrogen-bond donors (Lipinski definition) is 3. The molecular weight excluding hydrogens is 384 g/mol. The summed E-state index contributed by atoms with van der Waals surface area (Å²) in [4.78, 5) is 24.5. The molecule has 4 rings (SSSR count). The van der Waals surface area contributed by atoms with Crippen molar-refractivity contribution in [1.82, 2.24) is 0 Å². The van der Waals surface area contributed by atoms with Gasteiger partial charge in [-0.25, -0.2) is 4.79 Å². The molecule has 0 spiro atoms. The number of aromatic carboxylic acids is 1. The first kappa shape index (κ1) is 18.9. The summed E-state index contributed by atoms with van der Waals surface area (Å²) < 4.78 is 0. The smallest absolute Gasteiger partial charge is 0.335 e. The molecule has 0 saturated carbocycles. The van der Waals surface area contributed by atoms with Crippen LogP contribution in [0.3, 0.4) is 0 Å². The zero-order valence-corrected chi connectivity index (χ0v) is 15.6. The minimum absolute atomic E-state index is 0.0395. The lowest BCUT2D eigenvalue weighted by atomic mass is 10.00. The number of phenols is 2. The summed E-state index contributed by atoms with van der Waals surface area (Å²) in [6, 6.07) is 19.3. The summed E-state index contributed by atoms with van der Waals surface area (Å²) >= 11 is 0. The molecule has 1 aliphatic heterocycles. The quantitative estimate of drug-likeness (QED) is 0.458. The average Bonchev–Trinajstić information content (AvgIpc) is 3.07. The van der Waals surface area contributed by atoms with Crippen molar-refractivity contribution in [2.75, 3.05) is 5.01 Å². The molecular formula is C23H16N2O5. The monoisotopic (exact) mass is 400 g/mol. The van der Waals surface area contributed by atoms with E-state index < -0.39 is 11.9 Å². The number of anilines is 1. The van der Waals surface area contributed by atoms with E-state index in [1.54, 1.807) is 24.3 Å². The van der Waals surface area contributed by atoms with Gasteiger partial charge in [-0.2, -0.15) is 10.1 Å². The number of hydrazone groups is 1. The van der Waals surface area contributed by atoms with E-state index in [2.05, 4.69) is 5.10 Å². The summed E-state index contributed by atoms with van der Waals surface area (Å²) in [7, 11) is 0. The van der Waals surface area contributed by atoms with Gasteiger partial charge >= 0.3 is 5.97 Å². The van der Waals surface area contributed by atoms with Crippen LogP contribution in [0.2, 0.25) is 0 Å². The summed E-state index contributed by atoms with van der Waals surface area (Å²) in [5, 5.41) is 34.2. The number of carboxylic acid groups (broad SMARTS) is 1. The van der Waals surface area contributed by atoms with E-state index in [0.29, 0.717) is 22.5 Å². The number of hydrogen-bond acceptors (Lipinski definition) is 5. The molecule has 0 aliphatic carbocycles.